The van der Waals surface area contributed by atoms with Gasteiger partial charge in [0.05, 0.1) is 5.56 Å². The van der Waals surface area contributed by atoms with Crippen LogP contribution in [0, 0.1) is 5.92 Å². The van der Waals surface area contributed by atoms with E-state index in [0.29, 0.717) is 32.6 Å². The zero-order chi connectivity index (χ0) is 20.2. The van der Waals surface area contributed by atoms with E-state index in [9.17, 15) is 13.2 Å². The van der Waals surface area contributed by atoms with Crippen LogP contribution < -0.4 is 5.32 Å². The van der Waals surface area contributed by atoms with Gasteiger partial charge >= 0.3 is 6.18 Å². The Morgan fingerprint density at radius 2 is 1.93 bits per heavy atom. The zero-order valence-electron chi connectivity index (χ0n) is 16.7. The van der Waals surface area contributed by atoms with Crippen molar-refractivity contribution in [2.45, 2.75) is 44.2 Å². The Kier molecular flexibility index (Phi) is 6.53. The van der Waals surface area contributed by atoms with Gasteiger partial charge in [-0.05, 0) is 43.2 Å². The van der Waals surface area contributed by atoms with Crippen molar-refractivity contribution in [2.75, 3.05) is 39.9 Å². The summed E-state index contributed by atoms with van der Waals surface area (Å²) >= 11 is 0. The number of piperidine rings is 1. The molecule has 0 atom stereocenters. The highest BCUT2D eigenvalue weighted by Crippen LogP contribution is 2.38. The molecule has 1 N–H and O–H groups in total. The summed E-state index contributed by atoms with van der Waals surface area (Å²) in [6, 6.07) is 5.76. The molecule has 2 heterocycles. The molecule has 3 rings (SSSR count). The number of guanidine groups is 1. The Labute approximate surface area is 165 Å². The standard InChI is InChI=1S/C21H30F3N3O/c1-16-6-10-27(11-7-16)19(25-2)26-15-20(8-12-28-13-9-20)17-4-3-5-18(14-17)21(22,23)24/h3-5,14,16H,6-13,15H2,1-2H3,(H,25,26). The predicted octanol–water partition coefficient (Wildman–Crippen LogP) is 4.06. The molecule has 1 aromatic rings. The number of rotatable bonds is 3. The Morgan fingerprint density at radius 1 is 1.25 bits per heavy atom. The minimum Gasteiger partial charge on any atom is -0.381 e. The van der Waals surface area contributed by atoms with Gasteiger partial charge < -0.3 is 15.0 Å². The maximum Gasteiger partial charge on any atom is 0.416 e. The number of benzene rings is 1. The minimum atomic E-state index is -4.34. The van der Waals surface area contributed by atoms with Crippen LogP contribution >= 0.6 is 0 Å². The normalized spacial score (nSPS) is 21.6. The summed E-state index contributed by atoms with van der Waals surface area (Å²) in [6.45, 7) is 5.84. The second-order valence-corrected chi connectivity index (χ2v) is 8.04. The van der Waals surface area contributed by atoms with Crippen LogP contribution in [-0.4, -0.2) is 50.8 Å². The molecule has 0 aromatic heterocycles. The van der Waals surface area contributed by atoms with Gasteiger partial charge in [0.25, 0.3) is 0 Å². The molecular weight excluding hydrogens is 367 g/mol. The molecule has 0 aliphatic carbocycles. The molecule has 2 saturated heterocycles. The fourth-order valence-corrected chi connectivity index (χ4v) is 4.16. The lowest BCUT2D eigenvalue weighted by Gasteiger charge is -2.40. The lowest BCUT2D eigenvalue weighted by Crippen LogP contribution is -2.51. The highest BCUT2D eigenvalue weighted by atomic mass is 19.4. The second-order valence-electron chi connectivity index (χ2n) is 8.04. The third-order valence-corrected chi connectivity index (χ3v) is 6.13. The largest absolute Gasteiger partial charge is 0.416 e. The highest BCUT2D eigenvalue weighted by Gasteiger charge is 2.38. The van der Waals surface area contributed by atoms with Gasteiger partial charge in [0, 0.05) is 45.3 Å². The Hall–Kier alpha value is -1.76. The molecule has 0 radical (unpaired) electrons. The monoisotopic (exact) mass is 397 g/mol. The average molecular weight is 397 g/mol. The van der Waals surface area contributed by atoms with E-state index in [2.05, 4.69) is 22.1 Å². The number of halogens is 3. The first kappa shape index (κ1) is 21.0. The third-order valence-electron chi connectivity index (χ3n) is 6.13. The van der Waals surface area contributed by atoms with E-state index in [1.54, 1.807) is 7.05 Å². The smallest absolute Gasteiger partial charge is 0.381 e. The van der Waals surface area contributed by atoms with Crippen LogP contribution in [0.25, 0.3) is 0 Å². The number of nitrogens with zero attached hydrogens (tertiary/aromatic N) is 2. The van der Waals surface area contributed by atoms with Crippen molar-refractivity contribution in [3.05, 3.63) is 35.4 Å². The van der Waals surface area contributed by atoms with E-state index >= 15 is 0 Å². The maximum atomic E-state index is 13.2. The first-order chi connectivity index (χ1) is 13.3. The van der Waals surface area contributed by atoms with Crippen LogP contribution in [0.5, 0.6) is 0 Å². The molecule has 2 aliphatic heterocycles. The molecule has 0 amide bonds. The van der Waals surface area contributed by atoms with Gasteiger partial charge in [-0.2, -0.15) is 13.2 Å². The third kappa shape index (κ3) is 4.80. The molecule has 156 valence electrons. The lowest BCUT2D eigenvalue weighted by atomic mass is 9.73. The van der Waals surface area contributed by atoms with Crippen LogP contribution in [0.3, 0.4) is 0 Å². The van der Waals surface area contributed by atoms with E-state index in [-0.39, 0.29) is 0 Å². The second kappa shape index (κ2) is 8.72. The molecule has 2 fully saturated rings. The Balaban J connectivity index is 1.78. The Morgan fingerprint density at radius 3 is 2.54 bits per heavy atom. The first-order valence-corrected chi connectivity index (χ1v) is 10.1. The van der Waals surface area contributed by atoms with Gasteiger partial charge in [-0.3, -0.25) is 4.99 Å². The minimum absolute atomic E-state index is 0.390. The van der Waals surface area contributed by atoms with Crippen molar-refractivity contribution < 1.29 is 17.9 Å². The van der Waals surface area contributed by atoms with E-state index in [0.717, 1.165) is 49.4 Å². The van der Waals surface area contributed by atoms with Crippen molar-refractivity contribution in [1.82, 2.24) is 10.2 Å². The molecule has 7 heteroatoms. The lowest BCUT2D eigenvalue weighted by molar-refractivity contribution is -0.137. The SMILES string of the molecule is CN=C(NCC1(c2cccc(C(F)(F)F)c2)CCOCC1)N1CCC(C)CC1. The Bertz CT molecular complexity index is 676. The molecular formula is C21H30F3N3O. The van der Waals surface area contributed by atoms with Crippen LogP contribution in [0.4, 0.5) is 13.2 Å². The molecule has 28 heavy (non-hydrogen) atoms. The van der Waals surface area contributed by atoms with Crippen LogP contribution in [0.15, 0.2) is 29.3 Å². The molecule has 0 saturated carbocycles. The first-order valence-electron chi connectivity index (χ1n) is 10.1. The molecule has 2 aliphatic rings. The van der Waals surface area contributed by atoms with Gasteiger partial charge in [0.15, 0.2) is 5.96 Å². The molecule has 0 bridgehead atoms. The number of aliphatic imine (C=N–C) groups is 1. The number of nitrogens with one attached hydrogen (secondary N) is 1. The molecule has 1 aromatic carbocycles. The fraction of sp³-hybridized carbons (Fsp3) is 0.667. The zero-order valence-corrected chi connectivity index (χ0v) is 16.7. The highest BCUT2D eigenvalue weighted by molar-refractivity contribution is 5.80. The number of ether oxygens (including phenoxy) is 1. The number of alkyl halides is 3. The molecule has 0 unspecified atom stereocenters. The van der Waals surface area contributed by atoms with Crippen molar-refractivity contribution in [3.8, 4) is 0 Å². The maximum absolute atomic E-state index is 13.2. The summed E-state index contributed by atoms with van der Waals surface area (Å²) < 4.78 is 45.2. The van der Waals surface area contributed by atoms with Crippen LogP contribution in [0.1, 0.15) is 43.7 Å². The number of hydrogen-bond donors (Lipinski definition) is 1. The quantitative estimate of drug-likeness (QED) is 0.617. The number of likely N-dealkylation sites (tertiary alicyclic amines) is 1. The molecule has 0 spiro atoms. The summed E-state index contributed by atoms with van der Waals surface area (Å²) in [4.78, 5) is 6.67. The van der Waals surface area contributed by atoms with Crippen LogP contribution in [-0.2, 0) is 16.3 Å². The van der Waals surface area contributed by atoms with Crippen molar-refractivity contribution in [1.29, 1.82) is 0 Å². The number of hydrogen-bond acceptors (Lipinski definition) is 2. The summed E-state index contributed by atoms with van der Waals surface area (Å²) in [7, 11) is 1.77. The van der Waals surface area contributed by atoms with Crippen molar-refractivity contribution in [2.24, 2.45) is 10.9 Å². The summed E-state index contributed by atoms with van der Waals surface area (Å²) in [5.41, 5.74) is -0.260. The van der Waals surface area contributed by atoms with Gasteiger partial charge in [-0.25, -0.2) is 0 Å². The van der Waals surface area contributed by atoms with Gasteiger partial charge in [0.1, 0.15) is 0 Å². The van der Waals surface area contributed by atoms with Crippen molar-refractivity contribution in [3.63, 3.8) is 0 Å². The fourth-order valence-electron chi connectivity index (χ4n) is 4.16. The van der Waals surface area contributed by atoms with E-state index in [1.165, 1.54) is 12.1 Å². The van der Waals surface area contributed by atoms with Crippen LogP contribution in [0.2, 0.25) is 0 Å². The van der Waals surface area contributed by atoms with E-state index < -0.39 is 17.2 Å². The van der Waals surface area contributed by atoms with E-state index in [1.807, 2.05) is 6.07 Å². The summed E-state index contributed by atoms with van der Waals surface area (Å²) in [6.07, 6.45) is -0.693. The topological polar surface area (TPSA) is 36.9 Å². The van der Waals surface area contributed by atoms with E-state index in [4.69, 9.17) is 4.74 Å². The van der Waals surface area contributed by atoms with Crippen molar-refractivity contribution >= 4 is 5.96 Å². The summed E-state index contributed by atoms with van der Waals surface area (Å²) in [5.74, 6) is 1.56. The predicted molar refractivity (Wildman–Crippen MR) is 105 cm³/mol. The van der Waals surface area contributed by atoms with Gasteiger partial charge in [-0.1, -0.05) is 25.1 Å². The average Bonchev–Trinajstić information content (AvgIpc) is 2.70. The molecule has 4 nitrogen and oxygen atoms in total. The summed E-state index contributed by atoms with van der Waals surface area (Å²) in [5, 5.41) is 3.46. The van der Waals surface area contributed by atoms with Gasteiger partial charge in [0.2, 0.25) is 0 Å². The van der Waals surface area contributed by atoms with Gasteiger partial charge in [-0.15, -0.1) is 0 Å².